The maximum atomic E-state index is 10.4. The van der Waals surface area contributed by atoms with E-state index < -0.39 is 5.30 Å². The van der Waals surface area contributed by atoms with Gasteiger partial charge in [-0.15, -0.1) is 0 Å². The van der Waals surface area contributed by atoms with Crippen LogP contribution in [-0.4, -0.2) is 22.2 Å². The zero-order valence-electron chi connectivity index (χ0n) is 7.83. The van der Waals surface area contributed by atoms with Crippen molar-refractivity contribution in [2.24, 2.45) is 11.1 Å². The van der Waals surface area contributed by atoms with Gasteiger partial charge in [0.2, 0.25) is 0 Å². The Labute approximate surface area is 77.7 Å². The molecular weight excluding hydrogens is 174 g/mol. The highest BCUT2D eigenvalue weighted by atomic mass is 32.2. The Morgan fingerprint density at radius 2 is 2.08 bits per heavy atom. The largest absolute Gasteiger partial charge is 0.473 e. The van der Waals surface area contributed by atoms with Gasteiger partial charge in [-0.1, -0.05) is 20.8 Å². The molecule has 0 aromatic carbocycles. The molecule has 0 radical (unpaired) electrons. The number of thioether (sulfide) groups is 1. The summed E-state index contributed by atoms with van der Waals surface area (Å²) in [5, 5.41) is 7.71. The van der Waals surface area contributed by atoms with Crippen molar-refractivity contribution in [3.63, 3.8) is 0 Å². The van der Waals surface area contributed by atoms with E-state index in [9.17, 15) is 4.79 Å². The van der Waals surface area contributed by atoms with Gasteiger partial charge in [0.05, 0.1) is 0 Å². The summed E-state index contributed by atoms with van der Waals surface area (Å²) in [5.74, 6) is 0. The van der Waals surface area contributed by atoms with Gasteiger partial charge in [0.1, 0.15) is 0 Å². The highest BCUT2D eigenvalue weighted by molar-refractivity contribution is 8.13. The molecule has 0 amide bonds. The van der Waals surface area contributed by atoms with E-state index in [1.54, 1.807) is 0 Å². The SMILES string of the molecule is CC(C)(C)CC(CN)SC(=O)O. The molecule has 3 nitrogen and oxygen atoms in total. The van der Waals surface area contributed by atoms with E-state index in [0.717, 1.165) is 18.2 Å². The van der Waals surface area contributed by atoms with Crippen LogP contribution in [0, 0.1) is 5.41 Å². The standard InChI is InChI=1S/C8H17NO2S/c1-8(2,3)4-6(5-9)12-7(10)11/h6H,4-5,9H2,1-3H3,(H,10,11). The van der Waals surface area contributed by atoms with Crippen LogP contribution in [0.4, 0.5) is 4.79 Å². The predicted molar refractivity (Wildman–Crippen MR) is 52.5 cm³/mol. The summed E-state index contributed by atoms with van der Waals surface area (Å²) in [6, 6.07) is 0. The van der Waals surface area contributed by atoms with Gasteiger partial charge in [-0.05, 0) is 23.6 Å². The Balaban J connectivity index is 3.92. The van der Waals surface area contributed by atoms with Crippen LogP contribution in [-0.2, 0) is 0 Å². The van der Waals surface area contributed by atoms with Crippen molar-refractivity contribution in [2.45, 2.75) is 32.4 Å². The van der Waals surface area contributed by atoms with Gasteiger partial charge in [-0.25, -0.2) is 4.79 Å². The molecule has 0 aliphatic rings. The molecule has 0 saturated carbocycles. The van der Waals surface area contributed by atoms with Crippen LogP contribution in [0.2, 0.25) is 0 Å². The highest BCUT2D eigenvalue weighted by Gasteiger charge is 2.20. The third-order valence-corrected chi connectivity index (χ3v) is 2.26. The quantitative estimate of drug-likeness (QED) is 0.717. The first-order valence-electron chi connectivity index (χ1n) is 3.95. The number of hydrogen-bond donors (Lipinski definition) is 2. The summed E-state index contributed by atoms with van der Waals surface area (Å²) >= 11 is 0.918. The maximum Gasteiger partial charge on any atom is 0.365 e. The lowest BCUT2D eigenvalue weighted by atomic mass is 9.90. The van der Waals surface area contributed by atoms with Crippen molar-refractivity contribution in [1.82, 2.24) is 0 Å². The average molecular weight is 191 g/mol. The van der Waals surface area contributed by atoms with Crippen LogP contribution in [0.1, 0.15) is 27.2 Å². The molecule has 0 heterocycles. The van der Waals surface area contributed by atoms with Crippen LogP contribution >= 0.6 is 11.8 Å². The van der Waals surface area contributed by atoms with E-state index in [1.165, 1.54) is 0 Å². The third kappa shape index (κ3) is 6.49. The molecule has 0 aromatic heterocycles. The second-order valence-electron chi connectivity index (χ2n) is 4.01. The Bertz CT molecular complexity index is 154. The molecule has 3 N–H and O–H groups in total. The van der Waals surface area contributed by atoms with Crippen LogP contribution in [0.15, 0.2) is 0 Å². The van der Waals surface area contributed by atoms with Crippen molar-refractivity contribution in [3.8, 4) is 0 Å². The number of carbonyl (C=O) groups is 1. The fourth-order valence-corrected chi connectivity index (χ4v) is 1.96. The van der Waals surface area contributed by atoms with Crippen molar-refractivity contribution in [2.75, 3.05) is 6.54 Å². The summed E-state index contributed by atoms with van der Waals surface area (Å²) in [6.45, 7) is 6.67. The van der Waals surface area contributed by atoms with Gasteiger partial charge < -0.3 is 10.8 Å². The van der Waals surface area contributed by atoms with E-state index >= 15 is 0 Å². The maximum absolute atomic E-state index is 10.4. The topological polar surface area (TPSA) is 63.3 Å². The fraction of sp³-hybridized carbons (Fsp3) is 0.875. The molecule has 0 bridgehead atoms. The molecule has 0 rings (SSSR count). The smallest absolute Gasteiger partial charge is 0.365 e. The lowest BCUT2D eigenvalue weighted by Gasteiger charge is -2.23. The first-order chi connectivity index (χ1) is 5.35. The second-order valence-corrected chi connectivity index (χ2v) is 5.26. The molecule has 0 aliphatic heterocycles. The molecular formula is C8H17NO2S. The van der Waals surface area contributed by atoms with Crippen LogP contribution in [0.5, 0.6) is 0 Å². The predicted octanol–water partition coefficient (Wildman–Crippen LogP) is 2.16. The number of carboxylic acid groups (broad SMARTS) is 1. The lowest BCUT2D eigenvalue weighted by molar-refractivity contribution is 0.222. The third-order valence-electron chi connectivity index (χ3n) is 1.37. The normalized spacial score (nSPS) is 14.3. The number of nitrogens with two attached hydrogens (primary N) is 1. The van der Waals surface area contributed by atoms with Gasteiger partial charge in [0.25, 0.3) is 0 Å². The van der Waals surface area contributed by atoms with Crippen LogP contribution in [0.3, 0.4) is 0 Å². The number of hydrogen-bond acceptors (Lipinski definition) is 3. The van der Waals surface area contributed by atoms with Crippen molar-refractivity contribution < 1.29 is 9.90 Å². The van der Waals surface area contributed by atoms with Gasteiger partial charge in [-0.3, -0.25) is 0 Å². The van der Waals surface area contributed by atoms with Gasteiger partial charge in [-0.2, -0.15) is 0 Å². The molecule has 4 heteroatoms. The Hall–Kier alpha value is -0.220. The monoisotopic (exact) mass is 191 g/mol. The lowest BCUT2D eigenvalue weighted by Crippen LogP contribution is -2.24. The van der Waals surface area contributed by atoms with Gasteiger partial charge >= 0.3 is 5.30 Å². The van der Waals surface area contributed by atoms with Crippen molar-refractivity contribution in [3.05, 3.63) is 0 Å². The molecule has 1 unspecified atom stereocenters. The Morgan fingerprint density at radius 3 is 2.33 bits per heavy atom. The molecule has 0 spiro atoms. The average Bonchev–Trinajstić information content (AvgIpc) is 1.82. The summed E-state index contributed by atoms with van der Waals surface area (Å²) in [4.78, 5) is 10.4. The summed E-state index contributed by atoms with van der Waals surface area (Å²) in [6.07, 6.45) is 0.834. The van der Waals surface area contributed by atoms with Crippen molar-refractivity contribution >= 4 is 17.1 Å². The molecule has 1 atom stereocenters. The first-order valence-corrected chi connectivity index (χ1v) is 4.83. The molecule has 0 aromatic rings. The number of rotatable bonds is 3. The summed E-state index contributed by atoms with van der Waals surface area (Å²) in [5.41, 5.74) is 5.59. The molecule has 0 saturated heterocycles. The minimum Gasteiger partial charge on any atom is -0.473 e. The first kappa shape index (κ1) is 11.8. The van der Waals surface area contributed by atoms with Crippen molar-refractivity contribution in [1.29, 1.82) is 0 Å². The fourth-order valence-electron chi connectivity index (χ4n) is 0.999. The van der Waals surface area contributed by atoms with E-state index in [0.29, 0.717) is 6.54 Å². The van der Waals surface area contributed by atoms with E-state index in [1.807, 2.05) is 0 Å². The Kier molecular flexibility index (Phi) is 4.63. The van der Waals surface area contributed by atoms with E-state index in [4.69, 9.17) is 10.8 Å². The molecule has 0 fully saturated rings. The van der Waals surface area contributed by atoms with Crippen LogP contribution in [0.25, 0.3) is 0 Å². The van der Waals surface area contributed by atoms with E-state index in [-0.39, 0.29) is 10.7 Å². The minimum atomic E-state index is -0.838. The summed E-state index contributed by atoms with van der Waals surface area (Å²) < 4.78 is 0. The minimum absolute atomic E-state index is 0.0301. The highest BCUT2D eigenvalue weighted by Crippen LogP contribution is 2.27. The second kappa shape index (κ2) is 4.72. The molecule has 72 valence electrons. The summed E-state index contributed by atoms with van der Waals surface area (Å²) in [7, 11) is 0. The van der Waals surface area contributed by atoms with Gasteiger partial charge in [0, 0.05) is 11.8 Å². The zero-order chi connectivity index (χ0) is 9.78. The zero-order valence-corrected chi connectivity index (χ0v) is 8.65. The molecule has 12 heavy (non-hydrogen) atoms. The molecule has 0 aliphatic carbocycles. The Morgan fingerprint density at radius 1 is 1.58 bits per heavy atom. The van der Waals surface area contributed by atoms with E-state index in [2.05, 4.69) is 20.8 Å². The van der Waals surface area contributed by atoms with Gasteiger partial charge in [0.15, 0.2) is 0 Å². The van der Waals surface area contributed by atoms with Crippen LogP contribution < -0.4 is 5.73 Å².